The van der Waals surface area contributed by atoms with Gasteiger partial charge in [0.1, 0.15) is 0 Å². The minimum absolute atomic E-state index is 0.516. The number of alkyl halides is 1. The van der Waals surface area contributed by atoms with Gasteiger partial charge in [0.15, 0.2) is 5.16 Å². The molecule has 0 aromatic carbocycles. The predicted molar refractivity (Wildman–Crippen MR) is 60.0 cm³/mol. The summed E-state index contributed by atoms with van der Waals surface area (Å²) >= 11 is 7.48. The molecule has 1 aromatic heterocycles. The SMILES string of the molecule is COCCCSc1ncc(CCl)n1C. The van der Waals surface area contributed by atoms with Gasteiger partial charge in [0, 0.05) is 26.5 Å². The molecule has 3 nitrogen and oxygen atoms in total. The number of hydrogen-bond acceptors (Lipinski definition) is 3. The Morgan fingerprint density at radius 1 is 1.64 bits per heavy atom. The Morgan fingerprint density at radius 2 is 2.43 bits per heavy atom. The molecule has 0 aliphatic rings. The Balaban J connectivity index is 2.39. The first kappa shape index (κ1) is 11.9. The Kier molecular flexibility index (Phi) is 5.37. The highest BCUT2D eigenvalue weighted by molar-refractivity contribution is 7.99. The predicted octanol–water partition coefficient (Wildman–Crippen LogP) is 2.29. The Hall–Kier alpha value is -0.190. The monoisotopic (exact) mass is 234 g/mol. The maximum absolute atomic E-state index is 5.74. The Bertz CT molecular complexity index is 278. The summed E-state index contributed by atoms with van der Waals surface area (Å²) in [6.07, 6.45) is 2.87. The van der Waals surface area contributed by atoms with Gasteiger partial charge in [-0.1, -0.05) is 11.8 Å². The summed E-state index contributed by atoms with van der Waals surface area (Å²) in [5, 5.41) is 1.02. The molecule has 0 unspecified atom stereocenters. The Morgan fingerprint density at radius 3 is 3.00 bits per heavy atom. The summed E-state index contributed by atoms with van der Waals surface area (Å²) in [4.78, 5) is 4.28. The van der Waals surface area contributed by atoms with Gasteiger partial charge in [-0.05, 0) is 6.42 Å². The second-order valence-corrected chi connectivity index (χ2v) is 4.25. The fourth-order valence-corrected chi connectivity index (χ4v) is 2.18. The third-order valence-electron chi connectivity index (χ3n) is 1.90. The molecule has 0 amide bonds. The van der Waals surface area contributed by atoms with Gasteiger partial charge in [-0.15, -0.1) is 11.6 Å². The number of nitrogens with zero attached hydrogens (tertiary/aromatic N) is 2. The average molecular weight is 235 g/mol. The second-order valence-electron chi connectivity index (χ2n) is 2.92. The van der Waals surface area contributed by atoms with E-state index in [0.717, 1.165) is 29.6 Å². The van der Waals surface area contributed by atoms with Crippen molar-refractivity contribution < 1.29 is 4.74 Å². The number of aromatic nitrogens is 2. The highest BCUT2D eigenvalue weighted by Gasteiger charge is 2.05. The van der Waals surface area contributed by atoms with Gasteiger partial charge < -0.3 is 9.30 Å². The van der Waals surface area contributed by atoms with E-state index in [4.69, 9.17) is 16.3 Å². The number of ether oxygens (including phenoxy) is 1. The third kappa shape index (κ3) is 3.19. The smallest absolute Gasteiger partial charge is 0.167 e. The summed E-state index contributed by atoms with van der Waals surface area (Å²) in [5.74, 6) is 1.54. The first-order valence-electron chi connectivity index (χ1n) is 4.48. The van der Waals surface area contributed by atoms with Gasteiger partial charge in [-0.2, -0.15) is 0 Å². The van der Waals surface area contributed by atoms with Crippen molar-refractivity contribution in [2.75, 3.05) is 19.5 Å². The second kappa shape index (κ2) is 6.32. The van der Waals surface area contributed by atoms with Gasteiger partial charge in [0.25, 0.3) is 0 Å². The van der Waals surface area contributed by atoms with Crippen LogP contribution in [0.1, 0.15) is 12.1 Å². The third-order valence-corrected chi connectivity index (χ3v) is 3.31. The molecule has 0 atom stereocenters. The quantitative estimate of drug-likeness (QED) is 0.429. The lowest BCUT2D eigenvalue weighted by molar-refractivity contribution is 0.200. The number of halogens is 1. The molecule has 0 saturated carbocycles. The molecule has 0 aliphatic carbocycles. The van der Waals surface area contributed by atoms with Crippen molar-refractivity contribution in [2.24, 2.45) is 7.05 Å². The molecule has 0 fully saturated rings. The van der Waals surface area contributed by atoms with Crippen LogP contribution in [0, 0.1) is 0 Å². The minimum Gasteiger partial charge on any atom is -0.385 e. The van der Waals surface area contributed by atoms with Gasteiger partial charge in [-0.25, -0.2) is 4.98 Å². The topological polar surface area (TPSA) is 27.1 Å². The van der Waals surface area contributed by atoms with Crippen LogP contribution in [0.15, 0.2) is 11.4 Å². The highest BCUT2D eigenvalue weighted by Crippen LogP contribution is 2.18. The van der Waals surface area contributed by atoms with E-state index in [0.29, 0.717) is 5.88 Å². The molecule has 14 heavy (non-hydrogen) atoms. The number of rotatable bonds is 6. The van der Waals surface area contributed by atoms with E-state index in [2.05, 4.69) is 4.98 Å². The van der Waals surface area contributed by atoms with E-state index in [1.165, 1.54) is 0 Å². The van der Waals surface area contributed by atoms with Crippen molar-refractivity contribution in [3.63, 3.8) is 0 Å². The van der Waals surface area contributed by atoms with E-state index in [9.17, 15) is 0 Å². The molecule has 0 spiro atoms. The van der Waals surface area contributed by atoms with Crippen molar-refractivity contribution >= 4 is 23.4 Å². The van der Waals surface area contributed by atoms with Crippen molar-refractivity contribution in [3.8, 4) is 0 Å². The van der Waals surface area contributed by atoms with Crippen LogP contribution in [0.3, 0.4) is 0 Å². The first-order valence-corrected chi connectivity index (χ1v) is 6.00. The van der Waals surface area contributed by atoms with Crippen LogP contribution in [0.4, 0.5) is 0 Å². The van der Waals surface area contributed by atoms with Crippen LogP contribution in [-0.2, 0) is 17.7 Å². The van der Waals surface area contributed by atoms with Gasteiger partial charge in [0.05, 0.1) is 17.8 Å². The van der Waals surface area contributed by atoms with Crippen LogP contribution in [0.2, 0.25) is 0 Å². The van der Waals surface area contributed by atoms with Gasteiger partial charge in [-0.3, -0.25) is 0 Å². The van der Waals surface area contributed by atoms with Gasteiger partial charge in [0.2, 0.25) is 0 Å². The largest absolute Gasteiger partial charge is 0.385 e. The standard InChI is InChI=1S/C9H15ClN2OS/c1-12-8(6-10)7-11-9(12)14-5-3-4-13-2/h7H,3-6H2,1-2H3. The molecule has 0 saturated heterocycles. The van der Waals surface area contributed by atoms with E-state index < -0.39 is 0 Å². The molecule has 5 heteroatoms. The summed E-state index contributed by atoms with van der Waals surface area (Å²) in [7, 11) is 3.71. The zero-order valence-corrected chi connectivity index (χ0v) is 10.1. The maximum Gasteiger partial charge on any atom is 0.167 e. The molecule has 1 rings (SSSR count). The van der Waals surface area contributed by atoms with E-state index in [1.807, 2.05) is 17.8 Å². The van der Waals surface area contributed by atoms with Crippen LogP contribution in [-0.4, -0.2) is 29.0 Å². The Labute approximate surface area is 93.8 Å². The first-order chi connectivity index (χ1) is 6.79. The number of methoxy groups -OCH3 is 1. The van der Waals surface area contributed by atoms with Crippen LogP contribution < -0.4 is 0 Å². The van der Waals surface area contributed by atoms with Crippen LogP contribution in [0.5, 0.6) is 0 Å². The zero-order valence-electron chi connectivity index (χ0n) is 8.49. The van der Waals surface area contributed by atoms with Crippen molar-refractivity contribution in [3.05, 3.63) is 11.9 Å². The zero-order chi connectivity index (χ0) is 10.4. The van der Waals surface area contributed by atoms with Gasteiger partial charge >= 0.3 is 0 Å². The summed E-state index contributed by atoms with van der Waals surface area (Å²) in [5.41, 5.74) is 1.06. The maximum atomic E-state index is 5.74. The van der Waals surface area contributed by atoms with E-state index in [-0.39, 0.29) is 0 Å². The lowest BCUT2D eigenvalue weighted by Gasteiger charge is -2.03. The van der Waals surface area contributed by atoms with Crippen LogP contribution >= 0.6 is 23.4 Å². The minimum atomic E-state index is 0.516. The molecular formula is C9H15ClN2OS. The molecule has 0 bridgehead atoms. The van der Waals surface area contributed by atoms with E-state index in [1.54, 1.807) is 18.9 Å². The van der Waals surface area contributed by atoms with E-state index >= 15 is 0 Å². The summed E-state index contributed by atoms with van der Waals surface area (Å²) < 4.78 is 7.01. The van der Waals surface area contributed by atoms with Crippen LogP contribution in [0.25, 0.3) is 0 Å². The fourth-order valence-electron chi connectivity index (χ4n) is 1.05. The van der Waals surface area contributed by atoms with Crippen molar-refractivity contribution in [1.29, 1.82) is 0 Å². The fraction of sp³-hybridized carbons (Fsp3) is 0.667. The molecule has 80 valence electrons. The molecule has 0 radical (unpaired) electrons. The number of hydrogen-bond donors (Lipinski definition) is 0. The lowest BCUT2D eigenvalue weighted by atomic mass is 10.5. The number of thioether (sulfide) groups is 1. The lowest BCUT2D eigenvalue weighted by Crippen LogP contribution is -1.97. The average Bonchev–Trinajstić information content (AvgIpc) is 2.55. The molecule has 0 N–H and O–H groups in total. The summed E-state index contributed by atoms with van der Waals surface area (Å²) in [6, 6.07) is 0. The molecule has 0 aliphatic heterocycles. The molecule has 1 aromatic rings. The molecule has 1 heterocycles. The highest BCUT2D eigenvalue weighted by atomic mass is 35.5. The normalized spacial score (nSPS) is 10.8. The van der Waals surface area contributed by atoms with Crippen molar-refractivity contribution in [1.82, 2.24) is 9.55 Å². The van der Waals surface area contributed by atoms with Crippen molar-refractivity contribution in [2.45, 2.75) is 17.5 Å². The number of imidazole rings is 1. The molecular weight excluding hydrogens is 220 g/mol. The summed E-state index contributed by atoms with van der Waals surface area (Å²) in [6.45, 7) is 0.805.